The smallest absolute Gasteiger partial charge is 0.0553 e. The third-order valence-corrected chi connectivity index (χ3v) is 13.1. The van der Waals surface area contributed by atoms with Crippen LogP contribution in [0.5, 0.6) is 0 Å². The third kappa shape index (κ3) is 4.34. The fraction of sp³-hybridized carbons (Fsp3) is 1.00. The highest BCUT2D eigenvalue weighted by molar-refractivity contribution is 6.80. The molecule has 0 saturated carbocycles. The maximum atomic E-state index is 5.86. The molecule has 1 fully saturated rings. The van der Waals surface area contributed by atoms with E-state index in [9.17, 15) is 0 Å². The van der Waals surface area contributed by atoms with E-state index in [1.54, 1.807) is 0 Å². The molecular formula is C13H30OSi2. The van der Waals surface area contributed by atoms with E-state index >= 15 is 0 Å². The van der Waals surface area contributed by atoms with Gasteiger partial charge in [0.15, 0.2) is 0 Å². The summed E-state index contributed by atoms with van der Waals surface area (Å²) in [6.45, 7) is 13.4. The molecule has 0 aromatic heterocycles. The van der Waals surface area contributed by atoms with E-state index in [0.29, 0.717) is 5.04 Å². The minimum Gasteiger partial charge on any atom is -0.382 e. The van der Waals surface area contributed by atoms with Gasteiger partial charge in [-0.3, -0.25) is 0 Å². The summed E-state index contributed by atoms with van der Waals surface area (Å²) in [6.07, 6.45) is 4.08. The van der Waals surface area contributed by atoms with Crippen molar-refractivity contribution in [2.75, 3.05) is 6.61 Å². The van der Waals surface area contributed by atoms with Crippen LogP contribution in [-0.2, 0) is 4.74 Å². The zero-order valence-electron chi connectivity index (χ0n) is 11.9. The molecule has 0 aromatic carbocycles. The minimum absolute atomic E-state index is 0.0403. The van der Waals surface area contributed by atoms with Crippen molar-refractivity contribution in [1.29, 1.82) is 0 Å². The van der Waals surface area contributed by atoms with Gasteiger partial charge in [-0.1, -0.05) is 46.0 Å². The van der Waals surface area contributed by atoms with Crippen LogP contribution in [0.4, 0.5) is 0 Å². The monoisotopic (exact) mass is 258 g/mol. The summed E-state index contributed by atoms with van der Waals surface area (Å²) < 4.78 is 5.86. The maximum Gasteiger partial charge on any atom is 0.0553 e. The highest BCUT2D eigenvalue weighted by atomic mass is 28.3. The van der Waals surface area contributed by atoms with E-state index in [0.717, 1.165) is 12.3 Å². The van der Waals surface area contributed by atoms with Crippen molar-refractivity contribution in [3.05, 3.63) is 0 Å². The van der Waals surface area contributed by atoms with Crippen molar-refractivity contribution >= 4 is 17.6 Å². The summed E-state index contributed by atoms with van der Waals surface area (Å²) in [6, 6.07) is 3.03. The predicted octanol–water partition coefficient (Wildman–Crippen LogP) is 3.61. The molecule has 3 heteroatoms. The second-order valence-electron chi connectivity index (χ2n) is 7.01. The molecule has 0 N–H and O–H groups in total. The van der Waals surface area contributed by atoms with Gasteiger partial charge >= 0.3 is 0 Å². The van der Waals surface area contributed by atoms with E-state index < -0.39 is 8.07 Å². The molecule has 1 saturated heterocycles. The molecule has 1 rings (SSSR count). The highest BCUT2D eigenvalue weighted by Crippen LogP contribution is 2.39. The van der Waals surface area contributed by atoms with Gasteiger partial charge in [-0.15, -0.1) is 0 Å². The Morgan fingerprint density at radius 3 is 2.44 bits per heavy atom. The van der Waals surface area contributed by atoms with Gasteiger partial charge in [0.05, 0.1) is 17.6 Å². The molecule has 0 aliphatic carbocycles. The Labute approximate surface area is 105 Å². The van der Waals surface area contributed by atoms with Gasteiger partial charge in [-0.25, -0.2) is 0 Å². The van der Waals surface area contributed by atoms with Gasteiger partial charge in [-0.05, 0) is 24.3 Å². The van der Waals surface area contributed by atoms with Crippen LogP contribution in [0, 0.1) is 0 Å². The summed E-state index contributed by atoms with van der Waals surface area (Å²) in [5, 5.41) is 0.564. The first-order valence-corrected chi connectivity index (χ1v) is 12.0. The zero-order chi connectivity index (χ0) is 12.2. The average Bonchev–Trinajstić information content (AvgIpc) is 2.17. The van der Waals surface area contributed by atoms with Crippen LogP contribution in [-0.4, -0.2) is 29.9 Å². The Morgan fingerprint density at radius 1 is 1.25 bits per heavy atom. The standard InChI is InChI=1S/C13H30OSi2/c1-13(2,3)16(4,5)11-10-15-12-8-6-7-9-14-12/h12H,6-11,15H2,1-5H3. The lowest BCUT2D eigenvalue weighted by molar-refractivity contribution is 0.0651. The number of ether oxygens (including phenoxy) is 1. The van der Waals surface area contributed by atoms with Crippen molar-refractivity contribution < 1.29 is 4.74 Å². The topological polar surface area (TPSA) is 9.23 Å². The van der Waals surface area contributed by atoms with Crippen molar-refractivity contribution in [3.63, 3.8) is 0 Å². The molecule has 0 spiro atoms. The fourth-order valence-electron chi connectivity index (χ4n) is 2.18. The van der Waals surface area contributed by atoms with Gasteiger partial charge in [0.25, 0.3) is 0 Å². The molecule has 0 amide bonds. The first-order valence-electron chi connectivity index (χ1n) is 6.94. The second-order valence-corrected chi connectivity index (χ2v) is 15.0. The minimum atomic E-state index is -1.01. The molecule has 1 aliphatic rings. The molecule has 1 heterocycles. The van der Waals surface area contributed by atoms with Crippen LogP contribution in [0.3, 0.4) is 0 Å². The van der Waals surface area contributed by atoms with Gasteiger partial charge < -0.3 is 4.74 Å². The van der Waals surface area contributed by atoms with Crippen LogP contribution in [0.25, 0.3) is 0 Å². The Morgan fingerprint density at radius 2 is 1.94 bits per heavy atom. The summed E-state index contributed by atoms with van der Waals surface area (Å²) in [5.74, 6) is 0. The van der Waals surface area contributed by atoms with E-state index in [2.05, 4.69) is 33.9 Å². The van der Waals surface area contributed by atoms with E-state index in [-0.39, 0.29) is 9.52 Å². The largest absolute Gasteiger partial charge is 0.382 e. The van der Waals surface area contributed by atoms with Crippen LogP contribution in [0.15, 0.2) is 0 Å². The fourth-order valence-corrected chi connectivity index (χ4v) is 8.65. The predicted molar refractivity (Wildman–Crippen MR) is 78.9 cm³/mol. The number of hydrogen-bond donors (Lipinski definition) is 0. The normalized spacial score (nSPS) is 24.2. The van der Waals surface area contributed by atoms with Crippen LogP contribution >= 0.6 is 0 Å². The molecule has 1 aliphatic heterocycles. The van der Waals surface area contributed by atoms with Gasteiger partial charge in [0.2, 0.25) is 0 Å². The van der Waals surface area contributed by atoms with Crippen molar-refractivity contribution in [1.82, 2.24) is 0 Å². The Hall–Kier alpha value is 0.394. The summed E-state index contributed by atoms with van der Waals surface area (Å²) in [7, 11) is -0.970. The lowest BCUT2D eigenvalue weighted by atomic mass is 10.2. The molecule has 0 radical (unpaired) electrons. The third-order valence-electron chi connectivity index (χ3n) is 4.63. The maximum absolute atomic E-state index is 5.86. The Bertz CT molecular complexity index is 202. The molecule has 1 atom stereocenters. The molecular weight excluding hydrogens is 228 g/mol. The summed E-state index contributed by atoms with van der Waals surface area (Å²) >= 11 is 0. The van der Waals surface area contributed by atoms with Gasteiger partial charge in [0.1, 0.15) is 0 Å². The molecule has 16 heavy (non-hydrogen) atoms. The van der Waals surface area contributed by atoms with Crippen LogP contribution < -0.4 is 0 Å². The SMILES string of the molecule is CC(C)(C)[Si](C)(C)CC[SiH2]C1CCCCO1. The van der Waals surface area contributed by atoms with E-state index in [4.69, 9.17) is 4.74 Å². The van der Waals surface area contributed by atoms with Crippen molar-refractivity contribution in [2.45, 2.75) is 76.0 Å². The zero-order valence-corrected chi connectivity index (χ0v) is 14.3. The highest BCUT2D eigenvalue weighted by Gasteiger charge is 2.34. The average molecular weight is 259 g/mol. The Kier molecular flexibility index (Phi) is 5.26. The first kappa shape index (κ1) is 14.5. The Balaban J connectivity index is 2.23. The lowest BCUT2D eigenvalue weighted by Gasteiger charge is -2.37. The quantitative estimate of drug-likeness (QED) is 0.700. The van der Waals surface area contributed by atoms with E-state index in [1.807, 2.05) is 0 Å². The van der Waals surface area contributed by atoms with Gasteiger partial charge in [-0.2, -0.15) is 0 Å². The summed E-state index contributed by atoms with van der Waals surface area (Å²) in [5.41, 5.74) is 0.721. The molecule has 1 unspecified atom stereocenters. The van der Waals surface area contributed by atoms with E-state index in [1.165, 1.54) is 31.4 Å². The molecule has 96 valence electrons. The van der Waals surface area contributed by atoms with Gasteiger partial charge in [0, 0.05) is 12.3 Å². The van der Waals surface area contributed by atoms with Crippen LogP contribution in [0.2, 0.25) is 30.2 Å². The summed E-state index contributed by atoms with van der Waals surface area (Å²) in [4.78, 5) is 0. The van der Waals surface area contributed by atoms with Crippen LogP contribution in [0.1, 0.15) is 40.0 Å². The molecule has 1 nitrogen and oxygen atoms in total. The molecule has 0 bridgehead atoms. The number of rotatable bonds is 4. The second kappa shape index (κ2) is 5.83. The molecule has 0 aromatic rings. The van der Waals surface area contributed by atoms with Crippen molar-refractivity contribution in [2.24, 2.45) is 0 Å². The first-order chi connectivity index (χ1) is 7.33. The number of hydrogen-bond acceptors (Lipinski definition) is 1. The lowest BCUT2D eigenvalue weighted by Crippen LogP contribution is -2.37. The van der Waals surface area contributed by atoms with Crippen molar-refractivity contribution in [3.8, 4) is 0 Å².